The van der Waals surface area contributed by atoms with Crippen molar-refractivity contribution in [1.29, 1.82) is 0 Å². The van der Waals surface area contributed by atoms with Gasteiger partial charge in [0.1, 0.15) is 5.69 Å². The highest BCUT2D eigenvalue weighted by Crippen LogP contribution is 2.23. The molecule has 0 atom stereocenters. The van der Waals surface area contributed by atoms with E-state index in [1.807, 2.05) is 6.07 Å². The fourth-order valence-corrected chi connectivity index (χ4v) is 2.80. The van der Waals surface area contributed by atoms with E-state index >= 15 is 0 Å². The Kier molecular flexibility index (Phi) is 2.43. The molecule has 0 bridgehead atoms. The number of aromatic nitrogens is 2. The predicted molar refractivity (Wildman–Crippen MR) is 66.8 cm³/mol. The lowest BCUT2D eigenvalue weighted by Crippen LogP contribution is -2.30. The van der Waals surface area contributed by atoms with Gasteiger partial charge in [0.05, 0.1) is 4.43 Å². The van der Waals surface area contributed by atoms with E-state index in [9.17, 15) is 10.1 Å². The molecule has 0 radical (unpaired) electrons. The van der Waals surface area contributed by atoms with Gasteiger partial charge in [0, 0.05) is 21.9 Å². The molecule has 0 saturated heterocycles. The average Bonchev–Trinajstić information content (AvgIpc) is 2.36. The first-order chi connectivity index (χ1) is 8.18. The zero-order valence-electron chi connectivity index (χ0n) is 9.19. The number of benzene rings is 1. The minimum atomic E-state index is 0.511. The molecule has 0 amide bonds. The highest BCUT2D eigenvalue weighted by Gasteiger charge is 2.27. The fourth-order valence-electron chi connectivity index (χ4n) is 2.45. The molecule has 0 saturated carbocycles. The summed E-state index contributed by atoms with van der Waals surface area (Å²) in [4.78, 5) is 12.2. The Bertz CT molecular complexity index is 664. The lowest BCUT2D eigenvalue weighted by atomic mass is 10.00. The predicted octanol–water partition coefficient (Wildman–Crippen LogP) is 2.43. The van der Waals surface area contributed by atoms with Crippen LogP contribution >= 0.6 is 15.9 Å². The molecular formula is C12H12BrN2O2+. The quantitative estimate of drug-likeness (QED) is 0.599. The van der Waals surface area contributed by atoms with Gasteiger partial charge in [0.15, 0.2) is 5.52 Å². The zero-order valence-corrected chi connectivity index (χ0v) is 10.8. The monoisotopic (exact) mass is 295 g/mol. The van der Waals surface area contributed by atoms with Gasteiger partial charge < -0.3 is 5.21 Å². The third kappa shape index (κ3) is 1.57. The van der Waals surface area contributed by atoms with Gasteiger partial charge in [-0.15, -0.1) is 0 Å². The summed E-state index contributed by atoms with van der Waals surface area (Å²) in [6.07, 6.45) is 3.53. The molecule has 0 spiro atoms. The third-order valence-corrected chi connectivity index (χ3v) is 3.79. The molecule has 17 heavy (non-hydrogen) atoms. The van der Waals surface area contributed by atoms with Crippen LogP contribution in [0.25, 0.3) is 11.0 Å². The van der Waals surface area contributed by atoms with Gasteiger partial charge in [-0.3, -0.25) is 0 Å². The van der Waals surface area contributed by atoms with Crippen molar-refractivity contribution in [2.75, 3.05) is 0 Å². The molecule has 88 valence electrons. The molecule has 5 heteroatoms. The van der Waals surface area contributed by atoms with Gasteiger partial charge in [-0.05, 0) is 31.4 Å². The van der Waals surface area contributed by atoms with E-state index < -0.39 is 0 Å². The van der Waals surface area contributed by atoms with Crippen LogP contribution in [-0.2, 0) is 12.8 Å². The van der Waals surface area contributed by atoms with Crippen LogP contribution in [0.2, 0.25) is 0 Å². The second-order valence-corrected chi connectivity index (χ2v) is 5.26. The van der Waals surface area contributed by atoms with Crippen LogP contribution in [0.15, 0.2) is 22.7 Å². The Morgan fingerprint density at radius 3 is 2.88 bits per heavy atom. The molecular weight excluding hydrogens is 284 g/mol. The highest BCUT2D eigenvalue weighted by molar-refractivity contribution is 9.10. The molecule has 1 aromatic carbocycles. The van der Waals surface area contributed by atoms with Crippen molar-refractivity contribution in [3.05, 3.63) is 39.0 Å². The lowest BCUT2D eigenvalue weighted by Gasteiger charge is -2.13. The van der Waals surface area contributed by atoms with Gasteiger partial charge in [-0.1, -0.05) is 15.9 Å². The number of fused-ring (bicyclic) bond motifs is 2. The number of hydrogen-bond acceptors (Lipinski definition) is 2. The number of rotatable bonds is 0. The molecule has 4 nitrogen and oxygen atoms in total. The normalized spacial score (nSPS) is 14.9. The fraction of sp³-hybridized carbons (Fsp3) is 0.333. The second-order valence-electron chi connectivity index (χ2n) is 4.34. The van der Waals surface area contributed by atoms with E-state index in [0.717, 1.165) is 40.3 Å². The van der Waals surface area contributed by atoms with Crippen LogP contribution < -0.4 is 4.43 Å². The maximum atomic E-state index is 12.2. The smallest absolute Gasteiger partial charge is 0.290 e. The van der Waals surface area contributed by atoms with Gasteiger partial charge in [-0.25, -0.2) is 0 Å². The zero-order chi connectivity index (χ0) is 12.0. The summed E-state index contributed by atoms with van der Waals surface area (Å²) in [5, 5.41) is 10.2. The summed E-state index contributed by atoms with van der Waals surface area (Å²) in [6.45, 7) is 0. The Hall–Kier alpha value is -1.36. The van der Waals surface area contributed by atoms with Crippen LogP contribution in [0.4, 0.5) is 0 Å². The minimum Gasteiger partial charge on any atom is -0.428 e. The van der Waals surface area contributed by atoms with Crippen LogP contribution in [0, 0.1) is 4.91 Å². The van der Waals surface area contributed by atoms with E-state index in [4.69, 9.17) is 0 Å². The molecule has 0 aliphatic heterocycles. The van der Waals surface area contributed by atoms with E-state index in [0.29, 0.717) is 16.7 Å². The summed E-state index contributed by atoms with van der Waals surface area (Å²) < 4.78 is 2.98. The SMILES string of the molecule is O=[n+]1c2c(n(O)c3cc(Br)ccc31)CCCC2. The number of hydrogen-bond donors (Lipinski definition) is 1. The van der Waals surface area contributed by atoms with E-state index in [-0.39, 0.29) is 0 Å². The molecule has 1 heterocycles. The Morgan fingerprint density at radius 1 is 1.29 bits per heavy atom. The second kappa shape index (κ2) is 3.84. The summed E-state index contributed by atoms with van der Waals surface area (Å²) in [5.74, 6) is 0. The van der Waals surface area contributed by atoms with Crippen LogP contribution in [-0.4, -0.2) is 9.94 Å². The molecule has 1 aromatic heterocycles. The van der Waals surface area contributed by atoms with Crippen molar-refractivity contribution in [2.45, 2.75) is 25.7 Å². The Labute approximate surface area is 106 Å². The molecule has 1 aliphatic rings. The average molecular weight is 296 g/mol. The standard InChI is InChI=1S/C12H12BrN2O2/c13-8-5-6-11-12(7-8)15(17)10-4-2-1-3-9(10)14(11)16/h5-7,17H,1-4H2/q+1. The van der Waals surface area contributed by atoms with E-state index in [1.165, 1.54) is 4.73 Å². The summed E-state index contributed by atoms with van der Waals surface area (Å²) in [6, 6.07) is 5.30. The van der Waals surface area contributed by atoms with E-state index in [1.54, 1.807) is 12.1 Å². The summed E-state index contributed by atoms with van der Waals surface area (Å²) in [7, 11) is 0. The van der Waals surface area contributed by atoms with Crippen molar-refractivity contribution in [2.24, 2.45) is 0 Å². The molecule has 1 N–H and O–H groups in total. The van der Waals surface area contributed by atoms with Gasteiger partial charge in [0.25, 0.3) is 11.2 Å². The number of nitrogens with zero attached hydrogens (tertiary/aromatic N) is 2. The van der Waals surface area contributed by atoms with Crippen LogP contribution in [0.3, 0.4) is 0 Å². The Morgan fingerprint density at radius 2 is 2.06 bits per heavy atom. The molecule has 0 unspecified atom stereocenters. The van der Waals surface area contributed by atoms with Gasteiger partial charge in [-0.2, -0.15) is 4.73 Å². The summed E-state index contributed by atoms with van der Waals surface area (Å²) >= 11 is 3.35. The van der Waals surface area contributed by atoms with Crippen molar-refractivity contribution in [1.82, 2.24) is 4.73 Å². The van der Waals surface area contributed by atoms with Crippen molar-refractivity contribution >= 4 is 27.0 Å². The highest BCUT2D eigenvalue weighted by atomic mass is 79.9. The number of halogens is 1. The first-order valence-electron chi connectivity index (χ1n) is 5.66. The topological polar surface area (TPSA) is 48.1 Å². The van der Waals surface area contributed by atoms with Crippen molar-refractivity contribution in [3.8, 4) is 0 Å². The van der Waals surface area contributed by atoms with E-state index in [2.05, 4.69) is 15.9 Å². The first-order valence-corrected chi connectivity index (χ1v) is 6.45. The maximum absolute atomic E-state index is 12.2. The molecule has 1 aliphatic carbocycles. The lowest BCUT2D eigenvalue weighted by molar-refractivity contribution is -0.477. The Balaban J connectivity index is 2.47. The summed E-state index contributed by atoms with van der Waals surface area (Å²) in [5.41, 5.74) is 2.51. The molecule has 3 rings (SSSR count). The first kappa shape index (κ1) is 10.8. The van der Waals surface area contributed by atoms with Gasteiger partial charge in [0.2, 0.25) is 0 Å². The minimum absolute atomic E-state index is 0.511. The maximum Gasteiger partial charge on any atom is 0.290 e. The molecule has 2 aromatic rings. The van der Waals surface area contributed by atoms with Crippen LogP contribution in [0.5, 0.6) is 0 Å². The largest absolute Gasteiger partial charge is 0.428 e. The third-order valence-electron chi connectivity index (χ3n) is 3.30. The van der Waals surface area contributed by atoms with Crippen molar-refractivity contribution in [3.63, 3.8) is 0 Å². The van der Waals surface area contributed by atoms with Crippen molar-refractivity contribution < 1.29 is 9.63 Å². The molecule has 0 fully saturated rings. The van der Waals surface area contributed by atoms with Crippen LogP contribution in [0.1, 0.15) is 24.2 Å². The van der Waals surface area contributed by atoms with Gasteiger partial charge >= 0.3 is 0 Å².